The summed E-state index contributed by atoms with van der Waals surface area (Å²) in [5.74, 6) is 1.30. The lowest BCUT2D eigenvalue weighted by Crippen LogP contribution is -2.44. The molecule has 1 saturated heterocycles. The van der Waals surface area contributed by atoms with Gasteiger partial charge in [-0.3, -0.25) is 0 Å². The molecule has 1 aromatic rings. The van der Waals surface area contributed by atoms with Crippen LogP contribution in [0.25, 0.3) is 0 Å². The van der Waals surface area contributed by atoms with Crippen LogP contribution in [0.5, 0.6) is 0 Å². The Kier molecular flexibility index (Phi) is 3.96. The van der Waals surface area contributed by atoms with Crippen molar-refractivity contribution < 1.29 is 0 Å². The Labute approximate surface area is 101 Å². The van der Waals surface area contributed by atoms with Gasteiger partial charge in [0, 0.05) is 18.8 Å². The van der Waals surface area contributed by atoms with Gasteiger partial charge >= 0.3 is 0 Å². The number of aromatic nitrogens is 2. The highest BCUT2D eigenvalue weighted by molar-refractivity contribution is 6.29. The predicted molar refractivity (Wildman–Crippen MR) is 65.7 cm³/mol. The van der Waals surface area contributed by atoms with E-state index in [1.54, 1.807) is 12.3 Å². The quantitative estimate of drug-likeness (QED) is 0.793. The fourth-order valence-electron chi connectivity index (χ4n) is 2.01. The topological polar surface area (TPSA) is 49.8 Å². The van der Waals surface area contributed by atoms with Gasteiger partial charge in [0.1, 0.15) is 5.15 Å². The molecular formula is C11H17ClN4. The number of hydrogen-bond donors (Lipinski definition) is 2. The summed E-state index contributed by atoms with van der Waals surface area (Å²) in [6.45, 7) is 4.23. The highest BCUT2D eigenvalue weighted by Gasteiger charge is 2.20. The van der Waals surface area contributed by atoms with Crippen molar-refractivity contribution >= 4 is 17.5 Å². The van der Waals surface area contributed by atoms with Gasteiger partial charge in [-0.05, 0) is 31.4 Å². The van der Waals surface area contributed by atoms with Crippen LogP contribution in [0.4, 0.5) is 5.95 Å². The van der Waals surface area contributed by atoms with Crippen LogP contribution in [0.1, 0.15) is 19.8 Å². The lowest BCUT2D eigenvalue weighted by molar-refractivity contribution is 0.310. The third kappa shape index (κ3) is 3.06. The van der Waals surface area contributed by atoms with E-state index < -0.39 is 0 Å². The molecule has 0 spiro atoms. The molecule has 0 aliphatic carbocycles. The summed E-state index contributed by atoms with van der Waals surface area (Å²) in [6, 6.07) is 2.17. The molecule has 2 heterocycles. The molecule has 4 nitrogen and oxygen atoms in total. The highest BCUT2D eigenvalue weighted by Crippen LogP contribution is 2.15. The largest absolute Gasteiger partial charge is 0.353 e. The fraction of sp³-hybridized carbons (Fsp3) is 0.636. The molecule has 0 bridgehead atoms. The van der Waals surface area contributed by atoms with Gasteiger partial charge in [-0.15, -0.1) is 0 Å². The van der Waals surface area contributed by atoms with Crippen LogP contribution in [0.3, 0.4) is 0 Å². The Morgan fingerprint density at radius 2 is 2.50 bits per heavy atom. The van der Waals surface area contributed by atoms with Crippen LogP contribution < -0.4 is 10.6 Å². The minimum atomic E-state index is 0.474. The van der Waals surface area contributed by atoms with E-state index in [0.29, 0.717) is 23.1 Å². The summed E-state index contributed by atoms with van der Waals surface area (Å²) in [5.41, 5.74) is 0. The molecule has 1 aromatic heterocycles. The Balaban J connectivity index is 1.86. The number of rotatable bonds is 3. The van der Waals surface area contributed by atoms with Crippen LogP contribution in [0.2, 0.25) is 5.15 Å². The Bertz CT molecular complexity index is 345. The first-order valence-electron chi connectivity index (χ1n) is 5.71. The maximum absolute atomic E-state index is 5.79. The lowest BCUT2D eigenvalue weighted by Gasteiger charge is -2.30. The molecule has 0 saturated carbocycles. The number of anilines is 1. The minimum absolute atomic E-state index is 0.474. The van der Waals surface area contributed by atoms with Crippen molar-refractivity contribution in [1.29, 1.82) is 0 Å². The zero-order valence-electron chi connectivity index (χ0n) is 9.41. The van der Waals surface area contributed by atoms with Gasteiger partial charge in [-0.2, -0.15) is 0 Å². The SMILES string of the molecule is CC1CCCNC1CNc1nccc(Cl)n1. The lowest BCUT2D eigenvalue weighted by atomic mass is 9.93. The first-order chi connectivity index (χ1) is 7.75. The summed E-state index contributed by atoms with van der Waals surface area (Å²) < 4.78 is 0. The molecule has 2 N–H and O–H groups in total. The van der Waals surface area contributed by atoms with E-state index >= 15 is 0 Å². The van der Waals surface area contributed by atoms with Gasteiger partial charge in [0.2, 0.25) is 5.95 Å². The molecule has 1 fully saturated rings. The van der Waals surface area contributed by atoms with Gasteiger partial charge in [0.25, 0.3) is 0 Å². The molecule has 2 rings (SSSR count). The second-order valence-corrected chi connectivity index (χ2v) is 4.65. The molecule has 0 amide bonds. The van der Waals surface area contributed by atoms with Crippen molar-refractivity contribution in [2.45, 2.75) is 25.8 Å². The number of nitrogens with zero attached hydrogens (tertiary/aromatic N) is 2. The Hall–Kier alpha value is -0.870. The standard InChI is InChI=1S/C11H17ClN4/c1-8-3-2-5-13-9(8)7-15-11-14-6-4-10(12)16-11/h4,6,8-9,13H,2-3,5,7H2,1H3,(H,14,15,16). The van der Waals surface area contributed by atoms with Crippen LogP contribution in [-0.4, -0.2) is 29.1 Å². The number of halogens is 1. The van der Waals surface area contributed by atoms with E-state index in [1.807, 2.05) is 0 Å². The van der Waals surface area contributed by atoms with Crippen molar-refractivity contribution in [2.24, 2.45) is 5.92 Å². The zero-order chi connectivity index (χ0) is 11.4. The summed E-state index contributed by atoms with van der Waals surface area (Å²) in [4.78, 5) is 8.21. The molecule has 1 aliphatic rings. The van der Waals surface area contributed by atoms with Crippen molar-refractivity contribution in [3.8, 4) is 0 Å². The first kappa shape index (κ1) is 11.6. The van der Waals surface area contributed by atoms with Crippen molar-refractivity contribution in [3.63, 3.8) is 0 Å². The van der Waals surface area contributed by atoms with Gasteiger partial charge in [0.15, 0.2) is 0 Å². The van der Waals surface area contributed by atoms with E-state index in [4.69, 9.17) is 11.6 Å². The van der Waals surface area contributed by atoms with E-state index in [1.165, 1.54) is 12.8 Å². The third-order valence-corrected chi connectivity index (χ3v) is 3.24. The van der Waals surface area contributed by atoms with Gasteiger partial charge in [0.05, 0.1) is 0 Å². The maximum Gasteiger partial charge on any atom is 0.224 e. The monoisotopic (exact) mass is 240 g/mol. The first-order valence-corrected chi connectivity index (χ1v) is 6.09. The van der Waals surface area contributed by atoms with Crippen LogP contribution in [0, 0.1) is 5.92 Å². The normalized spacial score (nSPS) is 25.4. The molecule has 5 heteroatoms. The van der Waals surface area contributed by atoms with Crippen molar-refractivity contribution in [3.05, 3.63) is 17.4 Å². The van der Waals surface area contributed by atoms with Crippen LogP contribution in [0.15, 0.2) is 12.3 Å². The maximum atomic E-state index is 5.79. The summed E-state index contributed by atoms with van der Waals surface area (Å²) in [7, 11) is 0. The molecule has 2 atom stereocenters. The highest BCUT2D eigenvalue weighted by atomic mass is 35.5. The summed E-state index contributed by atoms with van der Waals surface area (Å²) in [5, 5.41) is 7.19. The zero-order valence-corrected chi connectivity index (χ0v) is 10.2. The average molecular weight is 241 g/mol. The third-order valence-electron chi connectivity index (χ3n) is 3.03. The molecule has 0 aromatic carbocycles. The molecule has 2 unspecified atom stereocenters. The molecule has 16 heavy (non-hydrogen) atoms. The smallest absolute Gasteiger partial charge is 0.224 e. The van der Waals surface area contributed by atoms with E-state index in [-0.39, 0.29) is 0 Å². The predicted octanol–water partition coefficient (Wildman–Crippen LogP) is 1.93. The number of nitrogens with one attached hydrogen (secondary N) is 2. The minimum Gasteiger partial charge on any atom is -0.353 e. The van der Waals surface area contributed by atoms with Gasteiger partial charge in [-0.25, -0.2) is 9.97 Å². The molecular weight excluding hydrogens is 224 g/mol. The molecule has 1 aliphatic heterocycles. The van der Waals surface area contributed by atoms with Crippen LogP contribution >= 0.6 is 11.6 Å². The average Bonchev–Trinajstić information content (AvgIpc) is 2.28. The van der Waals surface area contributed by atoms with Crippen molar-refractivity contribution in [1.82, 2.24) is 15.3 Å². The molecule has 88 valence electrons. The Morgan fingerprint density at radius 3 is 3.25 bits per heavy atom. The van der Waals surface area contributed by atoms with Crippen LogP contribution in [-0.2, 0) is 0 Å². The van der Waals surface area contributed by atoms with Gasteiger partial charge < -0.3 is 10.6 Å². The molecule has 0 radical (unpaired) electrons. The van der Waals surface area contributed by atoms with E-state index in [2.05, 4.69) is 27.5 Å². The van der Waals surface area contributed by atoms with E-state index in [9.17, 15) is 0 Å². The second-order valence-electron chi connectivity index (χ2n) is 4.26. The van der Waals surface area contributed by atoms with E-state index in [0.717, 1.165) is 13.1 Å². The second kappa shape index (κ2) is 5.46. The fourth-order valence-corrected chi connectivity index (χ4v) is 2.15. The summed E-state index contributed by atoms with van der Waals surface area (Å²) in [6.07, 6.45) is 4.22. The summed E-state index contributed by atoms with van der Waals surface area (Å²) >= 11 is 5.79. The Morgan fingerprint density at radius 1 is 1.62 bits per heavy atom. The van der Waals surface area contributed by atoms with Gasteiger partial charge in [-0.1, -0.05) is 18.5 Å². The number of hydrogen-bond acceptors (Lipinski definition) is 4. The number of piperidine rings is 1. The van der Waals surface area contributed by atoms with Crippen molar-refractivity contribution in [2.75, 3.05) is 18.4 Å².